The molecule has 30 heavy (non-hydrogen) atoms. The minimum atomic E-state index is -0.133. The van der Waals surface area contributed by atoms with Crippen LogP contribution in [0.4, 0.5) is 11.4 Å². The zero-order valence-electron chi connectivity index (χ0n) is 17.8. The Kier molecular flexibility index (Phi) is 6.27. The van der Waals surface area contributed by atoms with E-state index in [0.717, 1.165) is 43.3 Å². The lowest BCUT2D eigenvalue weighted by molar-refractivity contribution is 0.102. The largest absolute Gasteiger partial charge is 0.366 e. The monoisotopic (exact) mass is 423 g/mol. The zero-order chi connectivity index (χ0) is 21.1. The maximum absolute atomic E-state index is 12.7. The lowest BCUT2D eigenvalue weighted by Crippen LogP contribution is -2.48. The number of thioether (sulfide) groups is 1. The van der Waals surface area contributed by atoms with Gasteiger partial charge in [-0.1, -0.05) is 31.7 Å². The molecule has 2 aliphatic rings. The standard InChI is InChI=1S/C23H29N5OS/c1-16(2)18-6-7-20(26-22(29)19-5-4-8-24-14-19)21(13-18)27-9-11-28(12-10-27)23-25-17(3)15-30-23/h4-8,13-14,16-17H,9-12,15H2,1-3H3,(H,26,29). The first-order chi connectivity index (χ1) is 14.5. The molecular weight excluding hydrogens is 394 g/mol. The summed E-state index contributed by atoms with van der Waals surface area (Å²) in [6, 6.07) is 10.3. The molecule has 1 amide bonds. The van der Waals surface area contributed by atoms with Crippen molar-refractivity contribution >= 4 is 34.2 Å². The van der Waals surface area contributed by atoms with Crippen LogP contribution in [0.15, 0.2) is 47.7 Å². The molecule has 1 fully saturated rings. The van der Waals surface area contributed by atoms with Gasteiger partial charge in [-0.25, -0.2) is 0 Å². The smallest absolute Gasteiger partial charge is 0.257 e. The Morgan fingerprint density at radius 1 is 1.17 bits per heavy atom. The molecule has 2 aliphatic heterocycles. The van der Waals surface area contributed by atoms with Crippen LogP contribution in [0.5, 0.6) is 0 Å². The number of rotatable bonds is 4. The first kappa shape index (κ1) is 20.7. The predicted molar refractivity (Wildman–Crippen MR) is 126 cm³/mol. The van der Waals surface area contributed by atoms with E-state index in [9.17, 15) is 4.79 Å². The quantitative estimate of drug-likeness (QED) is 0.803. The van der Waals surface area contributed by atoms with E-state index in [0.29, 0.717) is 17.5 Å². The number of aliphatic imine (C=N–C) groups is 1. The number of amidine groups is 1. The van der Waals surface area contributed by atoms with Crippen LogP contribution in [0.2, 0.25) is 0 Å². The number of hydrogen-bond donors (Lipinski definition) is 1. The molecule has 6 nitrogen and oxygen atoms in total. The summed E-state index contributed by atoms with van der Waals surface area (Å²) in [4.78, 5) is 26.3. The van der Waals surface area contributed by atoms with Gasteiger partial charge in [-0.2, -0.15) is 0 Å². The van der Waals surface area contributed by atoms with Gasteiger partial charge in [0.15, 0.2) is 5.17 Å². The number of aromatic nitrogens is 1. The van der Waals surface area contributed by atoms with Crippen molar-refractivity contribution in [2.45, 2.75) is 32.7 Å². The minimum Gasteiger partial charge on any atom is -0.366 e. The molecule has 0 aliphatic carbocycles. The third kappa shape index (κ3) is 4.61. The van der Waals surface area contributed by atoms with Crippen molar-refractivity contribution in [3.05, 3.63) is 53.9 Å². The van der Waals surface area contributed by atoms with Crippen LogP contribution in [0.25, 0.3) is 0 Å². The van der Waals surface area contributed by atoms with Gasteiger partial charge in [0.1, 0.15) is 0 Å². The summed E-state index contributed by atoms with van der Waals surface area (Å²) >= 11 is 1.86. The second kappa shape index (κ2) is 9.08. The normalized spacial score (nSPS) is 19.2. The Morgan fingerprint density at radius 3 is 2.57 bits per heavy atom. The predicted octanol–water partition coefficient (Wildman–Crippen LogP) is 4.07. The van der Waals surface area contributed by atoms with Gasteiger partial charge in [0, 0.05) is 44.3 Å². The highest BCUT2D eigenvalue weighted by Crippen LogP contribution is 2.32. The first-order valence-electron chi connectivity index (χ1n) is 10.6. The molecule has 3 heterocycles. The molecule has 0 radical (unpaired) electrons. The number of amides is 1. The van der Waals surface area contributed by atoms with Crippen molar-refractivity contribution in [3.8, 4) is 0 Å². The number of piperazine rings is 1. The SMILES string of the molecule is CC1CSC(N2CCN(c3cc(C(C)C)ccc3NC(=O)c3cccnc3)CC2)=N1. The van der Waals surface area contributed by atoms with Crippen molar-refractivity contribution in [1.82, 2.24) is 9.88 Å². The number of benzene rings is 1. The summed E-state index contributed by atoms with van der Waals surface area (Å²) < 4.78 is 0. The number of nitrogens with one attached hydrogen (secondary N) is 1. The van der Waals surface area contributed by atoms with Gasteiger partial charge in [0.05, 0.1) is 23.0 Å². The minimum absolute atomic E-state index is 0.133. The van der Waals surface area contributed by atoms with E-state index in [1.165, 1.54) is 10.7 Å². The second-order valence-electron chi connectivity index (χ2n) is 8.17. The Morgan fingerprint density at radius 2 is 1.93 bits per heavy atom. The van der Waals surface area contributed by atoms with Crippen LogP contribution in [0.3, 0.4) is 0 Å². The lowest BCUT2D eigenvalue weighted by atomic mass is 10.0. The number of pyridine rings is 1. The van der Waals surface area contributed by atoms with Crippen LogP contribution in [0, 0.1) is 0 Å². The van der Waals surface area contributed by atoms with E-state index < -0.39 is 0 Å². The van der Waals surface area contributed by atoms with Gasteiger partial charge in [0.2, 0.25) is 0 Å². The second-order valence-corrected chi connectivity index (χ2v) is 9.16. The average molecular weight is 424 g/mol. The molecular formula is C23H29N5OS. The topological polar surface area (TPSA) is 60.8 Å². The molecule has 4 rings (SSSR count). The molecule has 1 saturated heterocycles. The van der Waals surface area contributed by atoms with Crippen LogP contribution in [0.1, 0.15) is 42.6 Å². The van der Waals surface area contributed by atoms with Crippen molar-refractivity contribution < 1.29 is 4.79 Å². The Hall–Kier alpha value is -2.54. The fourth-order valence-electron chi connectivity index (χ4n) is 3.74. The maximum Gasteiger partial charge on any atom is 0.257 e. The van der Waals surface area contributed by atoms with Crippen molar-refractivity contribution in [1.29, 1.82) is 0 Å². The molecule has 158 valence electrons. The van der Waals surface area contributed by atoms with E-state index in [4.69, 9.17) is 4.99 Å². The van der Waals surface area contributed by atoms with E-state index >= 15 is 0 Å². The van der Waals surface area contributed by atoms with Gasteiger partial charge in [-0.15, -0.1) is 0 Å². The molecule has 1 N–H and O–H groups in total. The molecule has 1 aromatic carbocycles. The molecule has 0 saturated carbocycles. The molecule has 7 heteroatoms. The van der Waals surface area contributed by atoms with Gasteiger partial charge in [-0.05, 0) is 42.7 Å². The van der Waals surface area contributed by atoms with Gasteiger partial charge in [0.25, 0.3) is 5.91 Å². The molecule has 1 unspecified atom stereocenters. The number of hydrogen-bond acceptors (Lipinski definition) is 6. The van der Waals surface area contributed by atoms with Gasteiger partial charge >= 0.3 is 0 Å². The number of anilines is 2. The van der Waals surface area contributed by atoms with E-state index in [2.05, 4.69) is 53.0 Å². The Labute approximate surface area is 182 Å². The number of carbonyl (C=O) groups is 1. The van der Waals surface area contributed by atoms with Gasteiger partial charge in [-0.3, -0.25) is 14.8 Å². The van der Waals surface area contributed by atoms with Crippen LogP contribution >= 0.6 is 11.8 Å². The van der Waals surface area contributed by atoms with Crippen molar-refractivity contribution in [2.75, 3.05) is 42.1 Å². The highest BCUT2D eigenvalue weighted by atomic mass is 32.2. The van der Waals surface area contributed by atoms with E-state index in [1.807, 2.05) is 17.8 Å². The van der Waals surface area contributed by atoms with Crippen LogP contribution in [-0.2, 0) is 0 Å². The van der Waals surface area contributed by atoms with Crippen LogP contribution in [-0.4, -0.2) is 58.9 Å². The van der Waals surface area contributed by atoms with E-state index in [-0.39, 0.29) is 5.91 Å². The Bertz CT molecular complexity index is 922. The molecule has 0 spiro atoms. The van der Waals surface area contributed by atoms with Crippen molar-refractivity contribution in [2.24, 2.45) is 4.99 Å². The number of nitrogens with zero attached hydrogens (tertiary/aromatic N) is 4. The lowest BCUT2D eigenvalue weighted by Gasteiger charge is -2.38. The molecule has 0 bridgehead atoms. The molecule has 1 atom stereocenters. The molecule has 1 aromatic heterocycles. The van der Waals surface area contributed by atoms with Crippen molar-refractivity contribution in [3.63, 3.8) is 0 Å². The highest BCUT2D eigenvalue weighted by molar-refractivity contribution is 8.14. The zero-order valence-corrected chi connectivity index (χ0v) is 18.7. The summed E-state index contributed by atoms with van der Waals surface area (Å²) in [5, 5.41) is 4.28. The first-order valence-corrected chi connectivity index (χ1v) is 11.6. The highest BCUT2D eigenvalue weighted by Gasteiger charge is 2.25. The molecule has 2 aromatic rings. The summed E-state index contributed by atoms with van der Waals surface area (Å²) in [5.41, 5.74) is 3.78. The third-order valence-corrected chi connectivity index (χ3v) is 6.81. The summed E-state index contributed by atoms with van der Waals surface area (Å²) in [6.07, 6.45) is 3.27. The van der Waals surface area contributed by atoms with Crippen LogP contribution < -0.4 is 10.2 Å². The number of carbonyl (C=O) groups excluding carboxylic acids is 1. The van der Waals surface area contributed by atoms with E-state index in [1.54, 1.807) is 24.5 Å². The third-order valence-electron chi connectivity index (χ3n) is 5.54. The fourth-order valence-corrected chi connectivity index (χ4v) is 4.82. The van der Waals surface area contributed by atoms with Gasteiger partial charge < -0.3 is 15.1 Å². The summed E-state index contributed by atoms with van der Waals surface area (Å²) in [6.45, 7) is 10.3. The average Bonchev–Trinajstić information content (AvgIpc) is 3.21. The fraction of sp³-hybridized carbons (Fsp3) is 0.435. The Balaban J connectivity index is 1.53. The summed E-state index contributed by atoms with van der Waals surface area (Å²) in [5.74, 6) is 1.38. The maximum atomic E-state index is 12.7. The summed E-state index contributed by atoms with van der Waals surface area (Å²) in [7, 11) is 0.